The summed E-state index contributed by atoms with van der Waals surface area (Å²) < 4.78 is 26.2. The van der Waals surface area contributed by atoms with E-state index in [1.807, 2.05) is 0 Å². The Bertz CT molecular complexity index is 387. The monoisotopic (exact) mass is 274 g/mol. The molecule has 1 saturated carbocycles. The Balaban J connectivity index is 2.01. The number of halogens is 2. The van der Waals surface area contributed by atoms with Crippen LogP contribution in [0.5, 0.6) is 0 Å². The molecule has 0 aliphatic heterocycles. The molecule has 0 saturated heterocycles. The van der Waals surface area contributed by atoms with E-state index in [1.54, 1.807) is 0 Å². The first-order chi connectivity index (χ1) is 8.15. The summed E-state index contributed by atoms with van der Waals surface area (Å²) in [6, 6.07) is 3.79. The molecule has 0 unspecified atom stereocenters. The van der Waals surface area contributed by atoms with Crippen LogP contribution < -0.4 is 0 Å². The van der Waals surface area contributed by atoms with E-state index in [2.05, 4.69) is 12.6 Å². The van der Waals surface area contributed by atoms with Gasteiger partial charge in [-0.1, -0.05) is 12.8 Å². The van der Waals surface area contributed by atoms with Crippen LogP contribution in [0, 0.1) is 17.0 Å². The lowest BCUT2D eigenvalue weighted by atomic mass is 9.91. The van der Waals surface area contributed by atoms with E-state index < -0.39 is 11.6 Å². The zero-order valence-electron chi connectivity index (χ0n) is 9.59. The molecule has 0 N–H and O–H groups in total. The molecule has 94 valence electrons. The summed E-state index contributed by atoms with van der Waals surface area (Å²) in [4.78, 5) is 0.541. The lowest BCUT2D eigenvalue weighted by Gasteiger charge is -2.26. The normalized spacial score (nSPS) is 18.5. The molecule has 4 heteroatoms. The van der Waals surface area contributed by atoms with Gasteiger partial charge in [-0.2, -0.15) is 12.6 Å². The van der Waals surface area contributed by atoms with Gasteiger partial charge in [-0.05, 0) is 36.1 Å². The second-order valence-electron chi connectivity index (χ2n) is 4.73. The minimum atomic E-state index is -0.517. The Kier molecular flexibility index (Phi) is 4.36. The van der Waals surface area contributed by atoms with Crippen LogP contribution in [0.4, 0.5) is 8.78 Å². The van der Waals surface area contributed by atoms with Gasteiger partial charge in [-0.25, -0.2) is 8.78 Å². The summed E-state index contributed by atoms with van der Waals surface area (Å²) in [5.41, 5.74) is 0.245. The number of thioether (sulfide) groups is 1. The fraction of sp³-hybridized carbons (Fsp3) is 0.538. The minimum absolute atomic E-state index is 0.245. The van der Waals surface area contributed by atoms with Gasteiger partial charge in [0.1, 0.15) is 11.6 Å². The Labute approximate surface area is 111 Å². The van der Waals surface area contributed by atoms with Crippen molar-refractivity contribution in [2.45, 2.75) is 30.6 Å². The van der Waals surface area contributed by atoms with Gasteiger partial charge in [-0.15, -0.1) is 11.8 Å². The molecule has 2 rings (SSSR count). The topological polar surface area (TPSA) is 0 Å². The van der Waals surface area contributed by atoms with Crippen molar-refractivity contribution in [1.29, 1.82) is 0 Å². The highest BCUT2D eigenvalue weighted by molar-refractivity contribution is 7.99. The van der Waals surface area contributed by atoms with Crippen LogP contribution in [0.15, 0.2) is 23.1 Å². The average Bonchev–Trinajstić information content (AvgIpc) is 2.77. The van der Waals surface area contributed by atoms with Gasteiger partial charge in [0, 0.05) is 16.7 Å². The molecule has 0 amide bonds. The summed E-state index contributed by atoms with van der Waals surface area (Å²) in [5.74, 6) is 0.751. The number of rotatable bonds is 4. The third-order valence-corrected chi connectivity index (χ3v) is 5.50. The van der Waals surface area contributed by atoms with Crippen molar-refractivity contribution in [1.82, 2.24) is 0 Å². The summed E-state index contributed by atoms with van der Waals surface area (Å²) >= 11 is 5.91. The van der Waals surface area contributed by atoms with Crippen LogP contribution >= 0.6 is 24.4 Å². The largest absolute Gasteiger partial charge is 0.207 e. The molecule has 1 aliphatic carbocycles. The lowest BCUT2D eigenvalue weighted by molar-refractivity contribution is 0.403. The highest BCUT2D eigenvalue weighted by Crippen LogP contribution is 2.43. The van der Waals surface area contributed by atoms with Crippen molar-refractivity contribution in [3.8, 4) is 0 Å². The average molecular weight is 274 g/mol. The molecule has 0 nitrogen and oxygen atoms in total. The number of benzene rings is 1. The smallest absolute Gasteiger partial charge is 0.139 e. The Morgan fingerprint density at radius 2 is 1.94 bits per heavy atom. The van der Waals surface area contributed by atoms with E-state index in [4.69, 9.17) is 0 Å². The van der Waals surface area contributed by atoms with Crippen molar-refractivity contribution < 1.29 is 8.78 Å². The van der Waals surface area contributed by atoms with E-state index in [0.29, 0.717) is 4.90 Å². The lowest BCUT2D eigenvalue weighted by Crippen LogP contribution is -2.21. The van der Waals surface area contributed by atoms with Gasteiger partial charge in [0.25, 0.3) is 0 Å². The SMILES string of the molecule is Fc1ccc(SCC2(CS)CCCC2)c(F)c1. The fourth-order valence-electron chi connectivity index (χ4n) is 2.30. The highest BCUT2D eigenvalue weighted by atomic mass is 32.2. The van der Waals surface area contributed by atoms with Crippen molar-refractivity contribution in [3.05, 3.63) is 29.8 Å². The first kappa shape index (κ1) is 13.2. The van der Waals surface area contributed by atoms with Crippen LogP contribution in [0.3, 0.4) is 0 Å². The standard InChI is InChI=1S/C13H16F2S2/c14-10-3-4-12(11(15)7-10)17-9-13(8-16)5-1-2-6-13/h3-4,7,16H,1-2,5-6,8-9H2. The zero-order valence-corrected chi connectivity index (χ0v) is 11.3. The fourth-order valence-corrected chi connectivity index (χ4v) is 4.09. The van der Waals surface area contributed by atoms with Crippen LogP contribution in [-0.2, 0) is 0 Å². The quantitative estimate of drug-likeness (QED) is 0.621. The van der Waals surface area contributed by atoms with E-state index in [9.17, 15) is 8.78 Å². The van der Waals surface area contributed by atoms with Gasteiger partial charge in [0.05, 0.1) is 0 Å². The van der Waals surface area contributed by atoms with E-state index in [0.717, 1.165) is 17.6 Å². The first-order valence-electron chi connectivity index (χ1n) is 5.84. The summed E-state index contributed by atoms with van der Waals surface area (Å²) in [7, 11) is 0. The Morgan fingerprint density at radius 3 is 2.53 bits per heavy atom. The van der Waals surface area contributed by atoms with Crippen LogP contribution in [0.1, 0.15) is 25.7 Å². The Morgan fingerprint density at radius 1 is 1.24 bits per heavy atom. The molecule has 1 aromatic rings. The molecule has 0 bridgehead atoms. The molecule has 1 fully saturated rings. The maximum Gasteiger partial charge on any atom is 0.139 e. The highest BCUT2D eigenvalue weighted by Gasteiger charge is 2.32. The van der Waals surface area contributed by atoms with Gasteiger partial charge in [0.2, 0.25) is 0 Å². The van der Waals surface area contributed by atoms with Crippen molar-refractivity contribution in [2.24, 2.45) is 5.41 Å². The third kappa shape index (κ3) is 3.16. The molecule has 0 spiro atoms. The maximum atomic E-state index is 13.5. The van der Waals surface area contributed by atoms with E-state index in [-0.39, 0.29) is 5.41 Å². The number of thiol groups is 1. The molecule has 0 aromatic heterocycles. The van der Waals surface area contributed by atoms with E-state index >= 15 is 0 Å². The second-order valence-corrected chi connectivity index (χ2v) is 6.06. The van der Waals surface area contributed by atoms with Crippen LogP contribution in [-0.4, -0.2) is 11.5 Å². The predicted molar refractivity (Wildman–Crippen MR) is 71.8 cm³/mol. The van der Waals surface area contributed by atoms with Gasteiger partial charge >= 0.3 is 0 Å². The summed E-state index contributed by atoms with van der Waals surface area (Å²) in [6.07, 6.45) is 4.83. The third-order valence-electron chi connectivity index (χ3n) is 3.43. The molecule has 0 radical (unpaired) electrons. The predicted octanol–water partition coefficient (Wildman–Crippen LogP) is 4.55. The number of hydrogen-bond donors (Lipinski definition) is 1. The van der Waals surface area contributed by atoms with Crippen molar-refractivity contribution in [3.63, 3.8) is 0 Å². The molecule has 17 heavy (non-hydrogen) atoms. The molecule has 0 heterocycles. The number of hydrogen-bond acceptors (Lipinski definition) is 2. The van der Waals surface area contributed by atoms with Crippen LogP contribution in [0.2, 0.25) is 0 Å². The van der Waals surface area contributed by atoms with Gasteiger partial charge in [0.15, 0.2) is 0 Å². The molecular formula is C13H16F2S2. The van der Waals surface area contributed by atoms with Crippen LogP contribution in [0.25, 0.3) is 0 Å². The summed E-state index contributed by atoms with van der Waals surface area (Å²) in [5, 5.41) is 0. The first-order valence-corrected chi connectivity index (χ1v) is 7.46. The maximum absolute atomic E-state index is 13.5. The van der Waals surface area contributed by atoms with Gasteiger partial charge in [-0.3, -0.25) is 0 Å². The van der Waals surface area contributed by atoms with Gasteiger partial charge < -0.3 is 0 Å². The second kappa shape index (κ2) is 5.61. The molecule has 1 aliphatic rings. The molecule has 1 aromatic carbocycles. The molecule has 0 atom stereocenters. The minimum Gasteiger partial charge on any atom is -0.207 e. The summed E-state index contributed by atoms with van der Waals surface area (Å²) in [6.45, 7) is 0. The zero-order chi connectivity index (χ0) is 12.3. The molecular weight excluding hydrogens is 258 g/mol. The van der Waals surface area contributed by atoms with Crippen molar-refractivity contribution >= 4 is 24.4 Å². The van der Waals surface area contributed by atoms with E-state index in [1.165, 1.54) is 49.6 Å². The van der Waals surface area contributed by atoms with Crippen molar-refractivity contribution in [2.75, 3.05) is 11.5 Å². The Hall–Kier alpha value is -0.220.